The summed E-state index contributed by atoms with van der Waals surface area (Å²) in [7, 11) is 0. The van der Waals surface area contributed by atoms with Crippen LogP contribution in [0.5, 0.6) is 5.75 Å². The number of carbonyl (C=O) groups excluding carboxylic acids is 1. The summed E-state index contributed by atoms with van der Waals surface area (Å²) in [6.45, 7) is 3.42. The minimum Gasteiger partial charge on any atom is -0.488 e. The molecule has 0 spiro atoms. The molecule has 0 aliphatic carbocycles. The Hall–Kier alpha value is -5.25. The zero-order valence-corrected chi connectivity index (χ0v) is 23.2. The fourth-order valence-electron chi connectivity index (χ4n) is 5.65. The summed E-state index contributed by atoms with van der Waals surface area (Å²) in [6.07, 6.45) is 1.96. The largest absolute Gasteiger partial charge is 0.488 e. The molecule has 1 amide bonds. The highest BCUT2D eigenvalue weighted by molar-refractivity contribution is 5.86. The van der Waals surface area contributed by atoms with E-state index in [4.69, 9.17) is 9.15 Å². The molecule has 1 aliphatic heterocycles. The predicted molar refractivity (Wildman–Crippen MR) is 154 cm³/mol. The van der Waals surface area contributed by atoms with E-state index >= 15 is 8.78 Å². The van der Waals surface area contributed by atoms with Crippen LogP contribution < -0.4 is 15.6 Å². The molecule has 218 valence electrons. The van der Waals surface area contributed by atoms with E-state index in [9.17, 15) is 19.5 Å². The topological polar surface area (TPSA) is 111 Å². The third kappa shape index (κ3) is 5.05. The summed E-state index contributed by atoms with van der Waals surface area (Å²) in [4.78, 5) is 39.6. The number of benzene rings is 3. The lowest BCUT2D eigenvalue weighted by atomic mass is 9.91. The molecule has 2 aromatic heterocycles. The number of ether oxygens (including phenoxy) is 1. The Morgan fingerprint density at radius 1 is 1.02 bits per heavy atom. The van der Waals surface area contributed by atoms with Gasteiger partial charge in [0.1, 0.15) is 35.6 Å². The second-order valence-electron chi connectivity index (χ2n) is 10.6. The van der Waals surface area contributed by atoms with Crippen molar-refractivity contribution in [2.45, 2.75) is 39.0 Å². The number of nitrogens with one attached hydrogen (secondary N) is 1. The van der Waals surface area contributed by atoms with E-state index in [0.717, 1.165) is 10.1 Å². The Bertz CT molecular complexity index is 1980. The highest BCUT2D eigenvalue weighted by atomic mass is 19.1. The van der Waals surface area contributed by atoms with Gasteiger partial charge in [-0.3, -0.25) is 19.0 Å². The van der Waals surface area contributed by atoms with Gasteiger partial charge >= 0.3 is 5.97 Å². The fourth-order valence-corrected chi connectivity index (χ4v) is 5.65. The van der Waals surface area contributed by atoms with Crippen molar-refractivity contribution in [1.29, 1.82) is 0 Å². The highest BCUT2D eigenvalue weighted by Crippen LogP contribution is 2.38. The summed E-state index contributed by atoms with van der Waals surface area (Å²) >= 11 is 0. The number of hydrogen-bond acceptors (Lipinski definition) is 5. The van der Waals surface area contributed by atoms with E-state index in [1.165, 1.54) is 48.9 Å². The molecule has 2 N–H and O–H groups in total. The first kappa shape index (κ1) is 27.9. The number of carboxylic acid groups (broad SMARTS) is 1. The van der Waals surface area contributed by atoms with Gasteiger partial charge in [-0.2, -0.15) is 0 Å². The number of halogens is 2. The average molecular weight is 585 g/mol. The Labute approximate surface area is 244 Å². The number of hydrogen-bond donors (Lipinski definition) is 2. The molecule has 3 heterocycles. The molecule has 0 fully saturated rings. The van der Waals surface area contributed by atoms with Crippen molar-refractivity contribution < 1.29 is 32.6 Å². The number of fused-ring (bicyclic) bond motifs is 7. The van der Waals surface area contributed by atoms with Crippen molar-refractivity contribution in [3.8, 4) is 16.9 Å². The predicted octanol–water partition coefficient (Wildman–Crippen LogP) is 5.97. The Balaban J connectivity index is 1.62. The second-order valence-corrected chi connectivity index (χ2v) is 10.6. The van der Waals surface area contributed by atoms with E-state index in [2.05, 4.69) is 5.32 Å². The molecule has 3 aromatic carbocycles. The zero-order chi connectivity index (χ0) is 30.4. The summed E-state index contributed by atoms with van der Waals surface area (Å²) in [6, 6.07) is 12.7. The molecule has 0 saturated carbocycles. The maximum Gasteiger partial charge on any atom is 0.305 e. The molecule has 2 unspecified atom stereocenters. The van der Waals surface area contributed by atoms with Gasteiger partial charge in [-0.05, 0) is 78.6 Å². The first-order valence-corrected chi connectivity index (χ1v) is 13.5. The second kappa shape index (κ2) is 10.9. The van der Waals surface area contributed by atoms with Crippen LogP contribution in [-0.2, 0) is 16.2 Å². The monoisotopic (exact) mass is 584 g/mol. The van der Waals surface area contributed by atoms with Crippen LogP contribution in [0.1, 0.15) is 46.3 Å². The van der Waals surface area contributed by atoms with Crippen molar-refractivity contribution in [2.24, 2.45) is 0 Å². The molecule has 0 saturated heterocycles. The number of aliphatic carboxylic acids is 1. The number of aromatic nitrogens is 1. The van der Waals surface area contributed by atoms with Crippen molar-refractivity contribution in [3.63, 3.8) is 0 Å². The lowest BCUT2D eigenvalue weighted by Crippen LogP contribution is -2.40. The molecular formula is C33H26F2N2O6. The quantitative estimate of drug-likeness (QED) is 0.270. The van der Waals surface area contributed by atoms with Gasteiger partial charge in [0.2, 0.25) is 5.91 Å². The van der Waals surface area contributed by atoms with Gasteiger partial charge in [-0.15, -0.1) is 0 Å². The van der Waals surface area contributed by atoms with Gasteiger partial charge in [-0.25, -0.2) is 8.78 Å². The molecule has 43 heavy (non-hydrogen) atoms. The maximum atomic E-state index is 15.8. The summed E-state index contributed by atoms with van der Waals surface area (Å²) < 4.78 is 43.9. The normalized spacial score (nSPS) is 16.6. The smallest absolute Gasteiger partial charge is 0.305 e. The van der Waals surface area contributed by atoms with E-state index in [1.54, 1.807) is 19.1 Å². The van der Waals surface area contributed by atoms with Crippen LogP contribution in [0.15, 0.2) is 82.3 Å². The van der Waals surface area contributed by atoms with E-state index in [1.807, 2.05) is 19.1 Å². The van der Waals surface area contributed by atoms with Crippen LogP contribution in [-0.4, -0.2) is 21.6 Å². The Morgan fingerprint density at radius 3 is 2.63 bits per heavy atom. The van der Waals surface area contributed by atoms with Gasteiger partial charge in [0.15, 0.2) is 0 Å². The number of aryl methyl sites for hydroxylation is 2. The number of rotatable bonds is 3. The number of amides is 1. The van der Waals surface area contributed by atoms with Crippen LogP contribution in [0.25, 0.3) is 22.1 Å². The SMILES string of the molecule is Cc1cc2cc(c1F)C(CC(=O)O)NC(=O)C(n1ccc3occc3c1=O)c1cc(ccc1F)COc1cccc(C)c1-2. The first-order chi connectivity index (χ1) is 20.6. The number of carbonyl (C=O) groups is 2. The minimum absolute atomic E-state index is 0.00239. The lowest BCUT2D eigenvalue weighted by Gasteiger charge is -2.26. The van der Waals surface area contributed by atoms with Crippen molar-refractivity contribution in [2.75, 3.05) is 0 Å². The molecule has 0 radical (unpaired) electrons. The number of carboxylic acids is 1. The van der Waals surface area contributed by atoms with Gasteiger partial charge in [-0.1, -0.05) is 18.2 Å². The van der Waals surface area contributed by atoms with Crippen molar-refractivity contribution in [3.05, 3.63) is 123 Å². The lowest BCUT2D eigenvalue weighted by molar-refractivity contribution is -0.137. The van der Waals surface area contributed by atoms with Crippen LogP contribution in [0.2, 0.25) is 0 Å². The molecule has 10 heteroatoms. The number of furan rings is 1. The van der Waals surface area contributed by atoms with Crippen LogP contribution in [0, 0.1) is 25.5 Å². The Morgan fingerprint density at radius 2 is 1.84 bits per heavy atom. The van der Waals surface area contributed by atoms with Gasteiger partial charge in [0.25, 0.3) is 5.56 Å². The maximum absolute atomic E-state index is 15.8. The van der Waals surface area contributed by atoms with Crippen LogP contribution in [0.4, 0.5) is 8.78 Å². The fraction of sp³-hybridized carbons (Fsp3) is 0.182. The molecule has 4 bridgehead atoms. The summed E-state index contributed by atoms with van der Waals surface area (Å²) in [5, 5.41) is 12.6. The highest BCUT2D eigenvalue weighted by Gasteiger charge is 2.32. The minimum atomic E-state index is -1.58. The van der Waals surface area contributed by atoms with E-state index in [-0.39, 0.29) is 34.3 Å². The first-order valence-electron chi connectivity index (χ1n) is 13.5. The standard InChI is InChI=1S/C33H26F2N2O6/c1-17-4-3-5-27-29(17)20-12-18(2)30(35)23(14-20)25(15-28(38)39)36-32(40)31(22-13-19(16-43-27)6-7-24(22)34)37-10-8-26-21(33(37)41)9-11-42-26/h3-14,25,31H,15-16H2,1-2H3,(H,36,40)(H,38,39). The molecule has 5 aromatic rings. The number of pyridine rings is 1. The molecule has 8 nitrogen and oxygen atoms in total. The van der Waals surface area contributed by atoms with Crippen LogP contribution in [0.3, 0.4) is 0 Å². The molecule has 1 aliphatic rings. The van der Waals surface area contributed by atoms with Gasteiger partial charge < -0.3 is 19.6 Å². The molecular weight excluding hydrogens is 558 g/mol. The van der Waals surface area contributed by atoms with Gasteiger partial charge in [0, 0.05) is 22.9 Å². The third-order valence-corrected chi connectivity index (χ3v) is 7.70. The molecule has 6 rings (SSSR count). The van der Waals surface area contributed by atoms with Gasteiger partial charge in [0.05, 0.1) is 24.1 Å². The average Bonchev–Trinajstić information content (AvgIpc) is 3.45. The summed E-state index contributed by atoms with van der Waals surface area (Å²) in [5.41, 5.74) is 2.25. The van der Waals surface area contributed by atoms with E-state index in [0.29, 0.717) is 22.4 Å². The number of nitrogens with zero attached hydrogens (tertiary/aromatic N) is 1. The Kier molecular flexibility index (Phi) is 7.05. The zero-order valence-electron chi connectivity index (χ0n) is 23.2. The van der Waals surface area contributed by atoms with Crippen LogP contribution >= 0.6 is 0 Å². The van der Waals surface area contributed by atoms with E-state index < -0.39 is 47.6 Å². The van der Waals surface area contributed by atoms with Crippen molar-refractivity contribution >= 4 is 22.8 Å². The molecule has 2 atom stereocenters. The summed E-state index contributed by atoms with van der Waals surface area (Å²) in [5.74, 6) is -3.18. The van der Waals surface area contributed by atoms with Crippen molar-refractivity contribution in [1.82, 2.24) is 9.88 Å². The third-order valence-electron chi connectivity index (χ3n) is 7.70.